The number of hydrogen-bond acceptors (Lipinski definition) is 2. The fourth-order valence-corrected chi connectivity index (χ4v) is 2.55. The quantitative estimate of drug-likeness (QED) is 0.793. The summed E-state index contributed by atoms with van der Waals surface area (Å²) in [6.07, 6.45) is 1.04. The molecule has 0 spiro atoms. The second-order valence-electron chi connectivity index (χ2n) is 5.33. The molecule has 1 N–H and O–H groups in total. The van der Waals surface area contributed by atoms with Gasteiger partial charge in [0.15, 0.2) is 0 Å². The topological polar surface area (TPSA) is 21.3 Å². The van der Waals surface area contributed by atoms with E-state index in [0.717, 1.165) is 12.2 Å². The number of anilines is 1. The van der Waals surface area contributed by atoms with E-state index in [2.05, 4.69) is 56.4 Å². The maximum atomic E-state index is 5.49. The molecule has 0 heterocycles. The monoisotopic (exact) mass is 283 g/mol. The molecule has 0 aromatic heterocycles. The summed E-state index contributed by atoms with van der Waals surface area (Å²) in [4.78, 5) is 0. The van der Waals surface area contributed by atoms with Gasteiger partial charge in [-0.05, 0) is 56.0 Å². The molecule has 0 fully saturated rings. The average Bonchev–Trinajstić information content (AvgIpc) is 2.50. The van der Waals surface area contributed by atoms with Gasteiger partial charge in [-0.15, -0.1) is 0 Å². The molecule has 112 valence electrons. The predicted octanol–water partition coefficient (Wildman–Crippen LogP) is 5.13. The normalized spacial score (nSPS) is 12.0. The number of aryl methyl sites for hydroxylation is 2. The third-order valence-corrected chi connectivity index (χ3v) is 3.79. The number of benzene rings is 2. The van der Waals surface area contributed by atoms with Crippen LogP contribution in [0.3, 0.4) is 0 Å². The molecule has 2 heteroatoms. The average molecular weight is 283 g/mol. The lowest BCUT2D eigenvalue weighted by atomic mass is 10.0. The highest BCUT2D eigenvalue weighted by Crippen LogP contribution is 2.27. The van der Waals surface area contributed by atoms with E-state index >= 15 is 0 Å². The van der Waals surface area contributed by atoms with Gasteiger partial charge in [0, 0.05) is 11.7 Å². The van der Waals surface area contributed by atoms with Crippen molar-refractivity contribution in [2.24, 2.45) is 0 Å². The fraction of sp³-hybridized carbons (Fsp3) is 0.368. The summed E-state index contributed by atoms with van der Waals surface area (Å²) in [5, 5.41) is 3.66. The first-order valence-electron chi connectivity index (χ1n) is 7.73. The molecule has 2 aromatic carbocycles. The highest BCUT2D eigenvalue weighted by molar-refractivity contribution is 5.58. The molecule has 1 unspecified atom stereocenters. The second-order valence-corrected chi connectivity index (χ2v) is 5.33. The number of nitrogens with one attached hydrogen (secondary N) is 1. The largest absolute Gasteiger partial charge is 0.494 e. The Balaban J connectivity index is 2.16. The van der Waals surface area contributed by atoms with Crippen LogP contribution in [0.15, 0.2) is 42.5 Å². The van der Waals surface area contributed by atoms with E-state index in [4.69, 9.17) is 4.74 Å². The van der Waals surface area contributed by atoms with E-state index in [1.54, 1.807) is 0 Å². The van der Waals surface area contributed by atoms with Gasteiger partial charge in [-0.2, -0.15) is 0 Å². The molecule has 21 heavy (non-hydrogen) atoms. The van der Waals surface area contributed by atoms with Crippen molar-refractivity contribution in [1.82, 2.24) is 0 Å². The van der Waals surface area contributed by atoms with Crippen LogP contribution in [0, 0.1) is 6.92 Å². The lowest BCUT2D eigenvalue weighted by Crippen LogP contribution is -2.09. The van der Waals surface area contributed by atoms with E-state index in [-0.39, 0.29) is 6.04 Å². The van der Waals surface area contributed by atoms with Crippen LogP contribution in [-0.2, 0) is 6.42 Å². The van der Waals surface area contributed by atoms with Crippen LogP contribution in [-0.4, -0.2) is 6.61 Å². The van der Waals surface area contributed by atoms with Crippen LogP contribution in [0.2, 0.25) is 0 Å². The van der Waals surface area contributed by atoms with Gasteiger partial charge in [0.2, 0.25) is 0 Å². The first-order chi connectivity index (χ1) is 10.2. The van der Waals surface area contributed by atoms with E-state index in [1.807, 2.05) is 19.1 Å². The molecule has 0 bridgehead atoms. The third kappa shape index (κ3) is 3.78. The Morgan fingerprint density at radius 1 is 1.05 bits per heavy atom. The zero-order valence-corrected chi connectivity index (χ0v) is 13.4. The molecule has 0 saturated carbocycles. The van der Waals surface area contributed by atoms with Crippen molar-refractivity contribution in [3.63, 3.8) is 0 Å². The van der Waals surface area contributed by atoms with Crippen LogP contribution in [0.1, 0.15) is 43.5 Å². The highest BCUT2D eigenvalue weighted by atomic mass is 16.5. The van der Waals surface area contributed by atoms with Crippen LogP contribution >= 0.6 is 0 Å². The first-order valence-corrected chi connectivity index (χ1v) is 7.73. The molecular formula is C19H25NO. The second kappa shape index (κ2) is 7.16. The maximum absolute atomic E-state index is 5.49. The summed E-state index contributed by atoms with van der Waals surface area (Å²) in [6.45, 7) is 9.26. The maximum Gasteiger partial charge on any atom is 0.119 e. The predicted molar refractivity (Wildman–Crippen MR) is 90.2 cm³/mol. The Kier molecular flexibility index (Phi) is 5.26. The Morgan fingerprint density at radius 2 is 1.76 bits per heavy atom. The fourth-order valence-electron chi connectivity index (χ4n) is 2.55. The molecular weight excluding hydrogens is 258 g/mol. The zero-order valence-electron chi connectivity index (χ0n) is 13.4. The first kappa shape index (κ1) is 15.4. The van der Waals surface area contributed by atoms with Gasteiger partial charge in [-0.3, -0.25) is 0 Å². The van der Waals surface area contributed by atoms with Crippen LogP contribution in [0.5, 0.6) is 5.75 Å². The molecule has 0 saturated heterocycles. The molecule has 0 amide bonds. The van der Waals surface area contributed by atoms with Crippen molar-refractivity contribution in [2.45, 2.75) is 40.2 Å². The molecule has 0 aliphatic heterocycles. The van der Waals surface area contributed by atoms with E-state index < -0.39 is 0 Å². The van der Waals surface area contributed by atoms with Crippen molar-refractivity contribution in [3.8, 4) is 5.75 Å². The molecule has 0 radical (unpaired) electrons. The molecule has 0 aliphatic carbocycles. The molecule has 1 atom stereocenters. The SMILES string of the molecule is CCOc1ccc(C(C)Nc2c(C)cccc2CC)cc1. The van der Waals surface area contributed by atoms with Gasteiger partial charge in [-0.25, -0.2) is 0 Å². The standard InChI is InChI=1S/C19H25NO/c1-5-16-9-7-8-14(3)19(16)20-15(4)17-10-12-18(13-11-17)21-6-2/h7-13,15,20H,5-6H2,1-4H3. The third-order valence-electron chi connectivity index (χ3n) is 3.79. The van der Waals surface area contributed by atoms with Crippen molar-refractivity contribution >= 4 is 5.69 Å². The lowest BCUT2D eigenvalue weighted by Gasteiger charge is -2.20. The van der Waals surface area contributed by atoms with E-state index in [1.165, 1.54) is 22.4 Å². The smallest absolute Gasteiger partial charge is 0.119 e. The molecule has 0 aliphatic rings. The zero-order chi connectivity index (χ0) is 15.2. The van der Waals surface area contributed by atoms with Gasteiger partial charge in [0.25, 0.3) is 0 Å². The Hall–Kier alpha value is -1.96. The van der Waals surface area contributed by atoms with Crippen molar-refractivity contribution in [3.05, 3.63) is 59.2 Å². The van der Waals surface area contributed by atoms with Gasteiger partial charge < -0.3 is 10.1 Å². The lowest BCUT2D eigenvalue weighted by molar-refractivity contribution is 0.340. The summed E-state index contributed by atoms with van der Waals surface area (Å²) in [6, 6.07) is 15.1. The summed E-state index contributed by atoms with van der Waals surface area (Å²) < 4.78 is 5.49. The number of hydrogen-bond donors (Lipinski definition) is 1. The van der Waals surface area contributed by atoms with E-state index in [0.29, 0.717) is 6.61 Å². The molecule has 2 rings (SSSR count). The molecule has 2 aromatic rings. The summed E-state index contributed by atoms with van der Waals surface area (Å²) >= 11 is 0. The summed E-state index contributed by atoms with van der Waals surface area (Å²) in [5.74, 6) is 0.929. The minimum absolute atomic E-state index is 0.270. The minimum Gasteiger partial charge on any atom is -0.494 e. The number of ether oxygens (including phenoxy) is 1. The molecule has 2 nitrogen and oxygen atoms in total. The Labute approximate surface area is 128 Å². The Bertz CT molecular complexity index is 575. The van der Waals surface area contributed by atoms with Crippen LogP contribution < -0.4 is 10.1 Å². The number of rotatable bonds is 6. The highest BCUT2D eigenvalue weighted by Gasteiger charge is 2.10. The number of para-hydroxylation sites is 1. The van der Waals surface area contributed by atoms with Gasteiger partial charge in [-0.1, -0.05) is 37.3 Å². The minimum atomic E-state index is 0.270. The van der Waals surface area contributed by atoms with Gasteiger partial charge in [0.1, 0.15) is 5.75 Å². The van der Waals surface area contributed by atoms with Crippen molar-refractivity contribution in [2.75, 3.05) is 11.9 Å². The van der Waals surface area contributed by atoms with Gasteiger partial charge >= 0.3 is 0 Å². The van der Waals surface area contributed by atoms with E-state index in [9.17, 15) is 0 Å². The summed E-state index contributed by atoms with van der Waals surface area (Å²) in [7, 11) is 0. The van der Waals surface area contributed by atoms with Crippen molar-refractivity contribution in [1.29, 1.82) is 0 Å². The van der Waals surface area contributed by atoms with Crippen LogP contribution in [0.4, 0.5) is 5.69 Å². The van der Waals surface area contributed by atoms with Crippen molar-refractivity contribution < 1.29 is 4.74 Å². The van der Waals surface area contributed by atoms with Crippen LogP contribution in [0.25, 0.3) is 0 Å². The van der Waals surface area contributed by atoms with Gasteiger partial charge in [0.05, 0.1) is 6.61 Å². The summed E-state index contributed by atoms with van der Waals surface area (Å²) in [5.41, 5.74) is 5.20. The Morgan fingerprint density at radius 3 is 2.38 bits per heavy atom.